The van der Waals surface area contributed by atoms with Gasteiger partial charge in [0.2, 0.25) is 5.91 Å². The Bertz CT molecular complexity index is 670. The molecule has 0 saturated heterocycles. The largest absolute Gasteiger partial charge is 0.275 e. The zero-order valence-electron chi connectivity index (χ0n) is 11.7. The minimum atomic E-state index is -0.377. The molecule has 3 nitrogen and oxygen atoms in total. The van der Waals surface area contributed by atoms with Crippen molar-refractivity contribution in [2.75, 3.05) is 0 Å². The molecule has 3 heteroatoms. The first kappa shape index (κ1) is 14.0. The van der Waals surface area contributed by atoms with Crippen LogP contribution in [-0.4, -0.2) is 16.7 Å². The standard InChI is InChI=1S/C17H17NO2/c1-4-17(20)18(13(3)19)12(2)15-11-7-9-14-8-5-6-10-16(14)15/h4-12H,1H2,2-3H3. The molecule has 0 N–H and O–H groups in total. The molecule has 2 rings (SSSR count). The summed E-state index contributed by atoms with van der Waals surface area (Å²) in [6, 6.07) is 13.5. The van der Waals surface area contributed by atoms with Gasteiger partial charge in [0.05, 0.1) is 6.04 Å². The normalized spacial score (nSPS) is 11.9. The Morgan fingerprint density at radius 3 is 2.45 bits per heavy atom. The van der Waals surface area contributed by atoms with E-state index in [1.165, 1.54) is 17.9 Å². The van der Waals surface area contributed by atoms with Gasteiger partial charge < -0.3 is 0 Å². The first-order valence-electron chi connectivity index (χ1n) is 6.50. The number of fused-ring (bicyclic) bond motifs is 1. The van der Waals surface area contributed by atoms with Crippen molar-refractivity contribution in [3.63, 3.8) is 0 Å². The van der Waals surface area contributed by atoms with Crippen molar-refractivity contribution < 1.29 is 9.59 Å². The molecule has 0 saturated carbocycles. The van der Waals surface area contributed by atoms with Gasteiger partial charge in [-0.1, -0.05) is 49.0 Å². The summed E-state index contributed by atoms with van der Waals surface area (Å²) in [7, 11) is 0. The van der Waals surface area contributed by atoms with Crippen LogP contribution in [-0.2, 0) is 9.59 Å². The molecule has 0 fully saturated rings. The summed E-state index contributed by atoms with van der Waals surface area (Å²) >= 11 is 0. The predicted molar refractivity (Wildman–Crippen MR) is 80.1 cm³/mol. The topological polar surface area (TPSA) is 37.4 Å². The molecular formula is C17H17NO2. The van der Waals surface area contributed by atoms with Gasteiger partial charge in [0.15, 0.2) is 0 Å². The fourth-order valence-electron chi connectivity index (χ4n) is 2.47. The second-order valence-electron chi connectivity index (χ2n) is 4.68. The smallest absolute Gasteiger partial charge is 0.253 e. The third-order valence-electron chi connectivity index (χ3n) is 3.41. The zero-order chi connectivity index (χ0) is 14.7. The van der Waals surface area contributed by atoms with Crippen LogP contribution in [0.1, 0.15) is 25.5 Å². The quantitative estimate of drug-likeness (QED) is 0.799. The zero-order valence-corrected chi connectivity index (χ0v) is 11.7. The van der Waals surface area contributed by atoms with Crippen molar-refractivity contribution in [1.29, 1.82) is 0 Å². The van der Waals surface area contributed by atoms with E-state index in [2.05, 4.69) is 6.58 Å². The van der Waals surface area contributed by atoms with Gasteiger partial charge in [0, 0.05) is 6.92 Å². The monoisotopic (exact) mass is 267 g/mol. The maximum atomic E-state index is 11.9. The fourth-order valence-corrected chi connectivity index (χ4v) is 2.47. The number of imide groups is 1. The highest BCUT2D eigenvalue weighted by atomic mass is 16.2. The molecule has 2 aromatic rings. The first-order chi connectivity index (χ1) is 9.56. The minimum Gasteiger partial charge on any atom is -0.275 e. The van der Waals surface area contributed by atoms with Crippen molar-refractivity contribution >= 4 is 22.6 Å². The van der Waals surface area contributed by atoms with Gasteiger partial charge in [0.25, 0.3) is 5.91 Å². The predicted octanol–water partition coefficient (Wildman–Crippen LogP) is 3.46. The molecular weight excluding hydrogens is 250 g/mol. The van der Waals surface area contributed by atoms with Crippen LogP contribution in [0.2, 0.25) is 0 Å². The van der Waals surface area contributed by atoms with Crippen molar-refractivity contribution in [3.8, 4) is 0 Å². The highest BCUT2D eigenvalue weighted by Gasteiger charge is 2.24. The van der Waals surface area contributed by atoms with Gasteiger partial charge in [0.1, 0.15) is 0 Å². The van der Waals surface area contributed by atoms with Crippen LogP contribution in [0.3, 0.4) is 0 Å². The number of carbonyl (C=O) groups excluding carboxylic acids is 2. The fraction of sp³-hybridized carbons (Fsp3) is 0.176. The second-order valence-corrected chi connectivity index (χ2v) is 4.68. The molecule has 0 aliphatic rings. The second kappa shape index (κ2) is 5.70. The van der Waals surface area contributed by atoms with Crippen LogP contribution >= 0.6 is 0 Å². The summed E-state index contributed by atoms with van der Waals surface area (Å²) in [4.78, 5) is 24.9. The lowest BCUT2D eigenvalue weighted by atomic mass is 9.98. The average Bonchev–Trinajstić information content (AvgIpc) is 2.46. The number of hydrogen-bond acceptors (Lipinski definition) is 2. The number of nitrogens with zero attached hydrogens (tertiary/aromatic N) is 1. The van der Waals surface area contributed by atoms with E-state index in [1.54, 1.807) is 0 Å². The van der Waals surface area contributed by atoms with E-state index in [4.69, 9.17) is 0 Å². The maximum Gasteiger partial charge on any atom is 0.253 e. The Labute approximate surface area is 118 Å². The van der Waals surface area contributed by atoms with Gasteiger partial charge in [-0.3, -0.25) is 14.5 Å². The Kier molecular flexibility index (Phi) is 3.99. The third kappa shape index (κ3) is 2.48. The summed E-state index contributed by atoms with van der Waals surface area (Å²) in [6.07, 6.45) is 1.17. The molecule has 0 radical (unpaired) electrons. The van der Waals surface area contributed by atoms with Crippen molar-refractivity contribution in [3.05, 3.63) is 60.7 Å². The molecule has 2 amide bonds. The lowest BCUT2D eigenvalue weighted by Gasteiger charge is -2.26. The summed E-state index contributed by atoms with van der Waals surface area (Å²) < 4.78 is 0. The number of amides is 2. The highest BCUT2D eigenvalue weighted by molar-refractivity contribution is 6.00. The van der Waals surface area contributed by atoms with Gasteiger partial charge in [-0.2, -0.15) is 0 Å². The molecule has 20 heavy (non-hydrogen) atoms. The van der Waals surface area contributed by atoms with Gasteiger partial charge >= 0.3 is 0 Å². The van der Waals surface area contributed by atoms with Crippen molar-refractivity contribution in [2.24, 2.45) is 0 Å². The lowest BCUT2D eigenvalue weighted by Crippen LogP contribution is -2.36. The van der Waals surface area contributed by atoms with E-state index in [1.807, 2.05) is 49.4 Å². The summed E-state index contributed by atoms with van der Waals surface area (Å²) in [5.41, 5.74) is 0.952. The van der Waals surface area contributed by atoms with Crippen LogP contribution in [0, 0.1) is 0 Å². The first-order valence-corrected chi connectivity index (χ1v) is 6.50. The third-order valence-corrected chi connectivity index (χ3v) is 3.41. The Morgan fingerprint density at radius 1 is 1.15 bits per heavy atom. The number of hydrogen-bond donors (Lipinski definition) is 0. The van der Waals surface area contributed by atoms with Gasteiger partial charge in [-0.15, -0.1) is 0 Å². The SMILES string of the molecule is C=CC(=O)N(C(C)=O)C(C)c1cccc2ccccc12. The van der Waals surface area contributed by atoms with E-state index < -0.39 is 0 Å². The Hall–Kier alpha value is -2.42. The van der Waals surface area contributed by atoms with Gasteiger partial charge in [-0.25, -0.2) is 0 Å². The lowest BCUT2D eigenvalue weighted by molar-refractivity contribution is -0.142. The summed E-state index contributed by atoms with van der Waals surface area (Å²) in [5.74, 6) is -0.659. The molecule has 2 aromatic carbocycles. The van der Waals surface area contributed by atoms with E-state index >= 15 is 0 Å². The highest BCUT2D eigenvalue weighted by Crippen LogP contribution is 2.28. The number of benzene rings is 2. The van der Waals surface area contributed by atoms with Crippen LogP contribution in [0.5, 0.6) is 0 Å². The summed E-state index contributed by atoms with van der Waals surface area (Å²) in [6.45, 7) is 6.70. The van der Waals surface area contributed by atoms with E-state index in [0.29, 0.717) is 0 Å². The maximum absolute atomic E-state index is 11.9. The van der Waals surface area contributed by atoms with Gasteiger partial charge in [-0.05, 0) is 29.3 Å². The molecule has 0 heterocycles. The average molecular weight is 267 g/mol. The van der Waals surface area contributed by atoms with Crippen LogP contribution in [0.15, 0.2) is 55.1 Å². The Balaban J connectivity index is 2.54. The summed E-state index contributed by atoms with van der Waals surface area (Å²) in [5, 5.41) is 2.14. The molecule has 0 spiro atoms. The molecule has 0 bridgehead atoms. The number of carbonyl (C=O) groups is 2. The van der Waals surface area contributed by atoms with Crippen LogP contribution in [0.4, 0.5) is 0 Å². The van der Waals surface area contributed by atoms with Crippen LogP contribution < -0.4 is 0 Å². The van der Waals surface area contributed by atoms with E-state index in [0.717, 1.165) is 16.3 Å². The van der Waals surface area contributed by atoms with Crippen molar-refractivity contribution in [2.45, 2.75) is 19.9 Å². The molecule has 1 atom stereocenters. The minimum absolute atomic E-state index is 0.282. The van der Waals surface area contributed by atoms with Crippen LogP contribution in [0.25, 0.3) is 10.8 Å². The molecule has 0 aliphatic carbocycles. The number of rotatable bonds is 3. The molecule has 0 aromatic heterocycles. The van der Waals surface area contributed by atoms with E-state index in [9.17, 15) is 9.59 Å². The van der Waals surface area contributed by atoms with Crippen molar-refractivity contribution in [1.82, 2.24) is 4.90 Å². The molecule has 102 valence electrons. The molecule has 1 unspecified atom stereocenters. The Morgan fingerprint density at radius 2 is 1.80 bits per heavy atom. The molecule has 0 aliphatic heterocycles. The van der Waals surface area contributed by atoms with E-state index in [-0.39, 0.29) is 17.9 Å².